The van der Waals surface area contributed by atoms with Gasteiger partial charge in [-0.25, -0.2) is 17.9 Å². The molecule has 1 atom stereocenters. The van der Waals surface area contributed by atoms with Crippen LogP contribution in [0, 0.1) is 5.82 Å². The summed E-state index contributed by atoms with van der Waals surface area (Å²) < 4.78 is 41.2. The van der Waals surface area contributed by atoms with Crippen LogP contribution in [-0.4, -0.2) is 33.4 Å². The fraction of sp³-hybridized carbons (Fsp3) is 0.211. The smallest absolute Gasteiger partial charge is 0.246 e. The summed E-state index contributed by atoms with van der Waals surface area (Å²) in [4.78, 5) is 13.9. The Bertz CT molecular complexity index is 956. The van der Waals surface area contributed by atoms with Crippen LogP contribution in [-0.2, 0) is 14.8 Å². The van der Waals surface area contributed by atoms with E-state index in [9.17, 15) is 17.6 Å². The van der Waals surface area contributed by atoms with Gasteiger partial charge in [-0.05, 0) is 48.4 Å². The van der Waals surface area contributed by atoms with Crippen molar-refractivity contribution < 1.29 is 22.3 Å². The van der Waals surface area contributed by atoms with Crippen molar-refractivity contribution in [3.05, 3.63) is 65.5 Å². The zero-order chi connectivity index (χ0) is 20.2. The molecule has 2 aromatic carbocycles. The van der Waals surface area contributed by atoms with Gasteiger partial charge in [-0.2, -0.15) is 0 Å². The van der Waals surface area contributed by atoms with E-state index >= 15 is 0 Å². The van der Waals surface area contributed by atoms with Gasteiger partial charge in [0.05, 0.1) is 18.0 Å². The molecule has 144 valence electrons. The van der Waals surface area contributed by atoms with Crippen LogP contribution in [0.5, 0.6) is 5.75 Å². The number of carbonyl (C=O) groups excluding carboxylic acids is 1. The van der Waals surface area contributed by atoms with Crippen LogP contribution in [0.1, 0.15) is 24.1 Å². The summed E-state index contributed by atoms with van der Waals surface area (Å²) in [6.07, 6.45) is 2.86. The Morgan fingerprint density at radius 1 is 1.22 bits per heavy atom. The molecule has 27 heavy (non-hydrogen) atoms. The average molecular weight is 392 g/mol. The van der Waals surface area contributed by atoms with E-state index in [0.717, 1.165) is 5.56 Å². The van der Waals surface area contributed by atoms with Crippen LogP contribution in [0.15, 0.2) is 53.4 Å². The lowest BCUT2D eigenvalue weighted by Gasteiger charge is -2.24. The van der Waals surface area contributed by atoms with Crippen molar-refractivity contribution in [1.82, 2.24) is 4.90 Å². The molecular weight excluding hydrogens is 371 g/mol. The maximum Gasteiger partial charge on any atom is 0.246 e. The molecule has 0 heterocycles. The van der Waals surface area contributed by atoms with Gasteiger partial charge in [0.2, 0.25) is 15.9 Å². The van der Waals surface area contributed by atoms with E-state index in [0.29, 0.717) is 5.56 Å². The number of likely N-dealkylation sites (N-methyl/N-ethyl adjacent to an activating group) is 1. The Labute approximate surface area is 158 Å². The number of hydrogen-bond acceptors (Lipinski definition) is 4. The Hall–Kier alpha value is -2.71. The minimum atomic E-state index is -3.76. The lowest BCUT2D eigenvalue weighted by molar-refractivity contribution is -0.126. The molecule has 0 bridgehead atoms. The quantitative estimate of drug-likeness (QED) is 0.766. The molecule has 8 heteroatoms. The summed E-state index contributed by atoms with van der Waals surface area (Å²) in [5.41, 5.74) is 1.28. The molecule has 2 N–H and O–H groups in total. The third-order valence-corrected chi connectivity index (χ3v) is 5.14. The highest BCUT2D eigenvalue weighted by Crippen LogP contribution is 2.22. The van der Waals surface area contributed by atoms with Gasteiger partial charge in [0.25, 0.3) is 0 Å². The molecule has 1 unspecified atom stereocenters. The molecular formula is C19H21FN2O4S. The van der Waals surface area contributed by atoms with E-state index in [2.05, 4.69) is 0 Å². The Morgan fingerprint density at radius 2 is 1.85 bits per heavy atom. The molecule has 6 nitrogen and oxygen atoms in total. The van der Waals surface area contributed by atoms with E-state index in [1.165, 1.54) is 48.4 Å². The van der Waals surface area contributed by atoms with Crippen molar-refractivity contribution >= 4 is 22.0 Å². The summed E-state index contributed by atoms with van der Waals surface area (Å²) in [6, 6.07) is 10.1. The monoisotopic (exact) mass is 392 g/mol. The predicted octanol–water partition coefficient (Wildman–Crippen LogP) is 2.71. The second-order valence-electron chi connectivity index (χ2n) is 5.97. The van der Waals surface area contributed by atoms with Gasteiger partial charge in [0, 0.05) is 13.1 Å². The van der Waals surface area contributed by atoms with E-state index in [1.54, 1.807) is 25.2 Å². The number of nitrogens with two attached hydrogens (primary N) is 1. The highest BCUT2D eigenvalue weighted by molar-refractivity contribution is 7.89. The number of halogens is 1. The number of primary sulfonamides is 1. The standard InChI is InChI=1S/C19H21FN2O4S/c1-13(15-6-8-16(9-7-15)27(21,24)25)22(2)19(23)11-5-14-4-10-18(26-3)17(20)12-14/h4-13H,1-3H3,(H2,21,24,25). The summed E-state index contributed by atoms with van der Waals surface area (Å²) in [6.45, 7) is 1.81. The molecule has 2 rings (SSSR count). The molecule has 1 amide bonds. The molecule has 0 saturated carbocycles. The van der Waals surface area contributed by atoms with Gasteiger partial charge in [-0.3, -0.25) is 4.79 Å². The molecule has 0 aliphatic heterocycles. The lowest BCUT2D eigenvalue weighted by atomic mass is 10.1. The lowest BCUT2D eigenvalue weighted by Crippen LogP contribution is -2.28. The zero-order valence-corrected chi connectivity index (χ0v) is 16.0. The maximum atomic E-state index is 13.7. The number of benzene rings is 2. The number of methoxy groups -OCH3 is 1. The summed E-state index contributed by atoms with van der Waals surface area (Å²) in [7, 11) is -0.758. The fourth-order valence-corrected chi connectivity index (χ4v) is 2.94. The van der Waals surface area contributed by atoms with Crippen LogP contribution in [0.4, 0.5) is 4.39 Å². The average Bonchev–Trinajstić information content (AvgIpc) is 2.64. The highest BCUT2D eigenvalue weighted by Gasteiger charge is 2.16. The van der Waals surface area contributed by atoms with Crippen molar-refractivity contribution in [3.8, 4) is 5.75 Å². The second-order valence-corrected chi connectivity index (χ2v) is 7.53. The van der Waals surface area contributed by atoms with Crippen LogP contribution >= 0.6 is 0 Å². The molecule has 0 aliphatic carbocycles. The largest absolute Gasteiger partial charge is 0.494 e. The zero-order valence-electron chi connectivity index (χ0n) is 15.2. The summed E-state index contributed by atoms with van der Waals surface area (Å²) in [5, 5.41) is 5.08. The number of nitrogens with zero attached hydrogens (tertiary/aromatic N) is 1. The Morgan fingerprint density at radius 3 is 2.37 bits per heavy atom. The first-order chi connectivity index (χ1) is 12.6. The predicted molar refractivity (Wildman–Crippen MR) is 101 cm³/mol. The minimum absolute atomic E-state index is 0.00820. The van der Waals surface area contributed by atoms with Crippen molar-refractivity contribution in [1.29, 1.82) is 0 Å². The van der Waals surface area contributed by atoms with E-state index in [4.69, 9.17) is 9.88 Å². The molecule has 0 spiro atoms. The van der Waals surface area contributed by atoms with Crippen LogP contribution in [0.2, 0.25) is 0 Å². The molecule has 0 radical (unpaired) electrons. The van der Waals surface area contributed by atoms with Crippen molar-refractivity contribution in [2.75, 3.05) is 14.2 Å². The Kier molecular flexibility index (Phi) is 6.35. The first kappa shape index (κ1) is 20.6. The normalized spacial score (nSPS) is 12.8. The number of sulfonamides is 1. The first-order valence-corrected chi connectivity index (χ1v) is 9.59. The topological polar surface area (TPSA) is 89.7 Å². The summed E-state index contributed by atoms with van der Waals surface area (Å²) >= 11 is 0. The highest BCUT2D eigenvalue weighted by atomic mass is 32.2. The van der Waals surface area contributed by atoms with Crippen LogP contribution < -0.4 is 9.88 Å². The van der Waals surface area contributed by atoms with Gasteiger partial charge in [0.1, 0.15) is 0 Å². The summed E-state index contributed by atoms with van der Waals surface area (Å²) in [5.74, 6) is -0.662. The minimum Gasteiger partial charge on any atom is -0.494 e. The third kappa shape index (κ3) is 5.15. The SMILES string of the molecule is COc1ccc(C=CC(=O)N(C)C(C)c2ccc(S(N)(=O)=O)cc2)cc1F. The van der Waals surface area contributed by atoms with Gasteiger partial charge >= 0.3 is 0 Å². The number of hydrogen-bond donors (Lipinski definition) is 1. The molecule has 2 aromatic rings. The second kappa shape index (κ2) is 8.32. The van der Waals surface area contributed by atoms with Gasteiger partial charge in [-0.1, -0.05) is 18.2 Å². The van der Waals surface area contributed by atoms with Gasteiger partial charge in [-0.15, -0.1) is 0 Å². The number of rotatable bonds is 6. The first-order valence-electron chi connectivity index (χ1n) is 8.04. The third-order valence-electron chi connectivity index (χ3n) is 4.21. The van der Waals surface area contributed by atoms with E-state index < -0.39 is 15.8 Å². The molecule has 0 saturated heterocycles. The van der Waals surface area contributed by atoms with Crippen molar-refractivity contribution in [2.45, 2.75) is 17.9 Å². The molecule has 0 aliphatic rings. The van der Waals surface area contributed by atoms with Crippen LogP contribution in [0.3, 0.4) is 0 Å². The fourth-order valence-electron chi connectivity index (χ4n) is 2.42. The van der Waals surface area contributed by atoms with Gasteiger partial charge in [0.15, 0.2) is 11.6 Å². The number of ether oxygens (including phenoxy) is 1. The number of carbonyl (C=O) groups is 1. The van der Waals surface area contributed by atoms with Crippen molar-refractivity contribution in [2.24, 2.45) is 5.14 Å². The van der Waals surface area contributed by atoms with Crippen LogP contribution in [0.25, 0.3) is 6.08 Å². The molecule has 0 fully saturated rings. The Balaban J connectivity index is 2.10. The van der Waals surface area contributed by atoms with Gasteiger partial charge < -0.3 is 9.64 Å². The van der Waals surface area contributed by atoms with E-state index in [1.807, 2.05) is 6.92 Å². The van der Waals surface area contributed by atoms with Crippen molar-refractivity contribution in [3.63, 3.8) is 0 Å². The maximum absolute atomic E-state index is 13.7. The molecule has 0 aromatic heterocycles. The van der Waals surface area contributed by atoms with E-state index in [-0.39, 0.29) is 22.6 Å². The number of amides is 1.